The quantitative estimate of drug-likeness (QED) is 0.769. The molecule has 0 saturated carbocycles. The lowest BCUT2D eigenvalue weighted by Crippen LogP contribution is -2.43. The van der Waals surface area contributed by atoms with Crippen molar-refractivity contribution in [1.29, 1.82) is 0 Å². The van der Waals surface area contributed by atoms with Crippen LogP contribution in [0.15, 0.2) is 12.4 Å². The van der Waals surface area contributed by atoms with E-state index in [1.165, 1.54) is 7.11 Å². The normalized spacial score (nSPS) is 15.8. The molecule has 1 heterocycles. The number of rotatable bonds is 7. The van der Waals surface area contributed by atoms with Crippen LogP contribution < -0.4 is 5.32 Å². The van der Waals surface area contributed by atoms with Crippen molar-refractivity contribution in [2.24, 2.45) is 5.92 Å². The van der Waals surface area contributed by atoms with E-state index in [4.69, 9.17) is 4.74 Å². The highest BCUT2D eigenvalue weighted by Gasteiger charge is 2.26. The van der Waals surface area contributed by atoms with Crippen molar-refractivity contribution in [3.8, 4) is 0 Å². The number of ether oxygens (including phenoxy) is 1. The van der Waals surface area contributed by atoms with Gasteiger partial charge in [0.05, 0.1) is 13.3 Å². The van der Waals surface area contributed by atoms with Gasteiger partial charge in [0, 0.05) is 24.3 Å². The molecule has 5 nitrogen and oxygen atoms in total. The second kappa shape index (κ2) is 7.28. The Balaban J connectivity index is 2.75. The lowest BCUT2D eigenvalue weighted by Gasteiger charge is -2.25. The molecular weight excluding hydrogens is 242 g/mol. The Hall–Kier alpha value is -1.36. The molecule has 0 aliphatic carbocycles. The molecule has 3 atom stereocenters. The van der Waals surface area contributed by atoms with E-state index in [2.05, 4.69) is 24.3 Å². The number of aromatic nitrogens is 2. The molecule has 0 amide bonds. The fraction of sp³-hybridized carbons (Fsp3) is 0.714. The Morgan fingerprint density at radius 3 is 2.63 bits per heavy atom. The molecule has 0 spiro atoms. The molecule has 108 valence electrons. The molecule has 1 aromatic heterocycles. The molecule has 0 radical (unpaired) electrons. The minimum absolute atomic E-state index is 0.0680. The van der Waals surface area contributed by atoms with Crippen LogP contribution in [0.5, 0.6) is 0 Å². The third kappa shape index (κ3) is 4.06. The minimum atomic E-state index is -0.282. The summed E-state index contributed by atoms with van der Waals surface area (Å²) in [5, 5.41) is 7.60. The molecule has 0 bridgehead atoms. The van der Waals surface area contributed by atoms with Crippen molar-refractivity contribution < 1.29 is 9.53 Å². The number of aryl methyl sites for hydroxylation is 1. The van der Waals surface area contributed by atoms with Crippen LogP contribution in [0.2, 0.25) is 0 Å². The molecule has 1 aromatic rings. The predicted octanol–water partition coefficient (Wildman–Crippen LogP) is 2.14. The Bertz CT molecular complexity index is 403. The number of carbonyl (C=O) groups is 1. The average Bonchev–Trinajstić information content (AvgIpc) is 2.91. The summed E-state index contributed by atoms with van der Waals surface area (Å²) >= 11 is 0. The first-order valence-corrected chi connectivity index (χ1v) is 6.89. The molecule has 5 heteroatoms. The van der Waals surface area contributed by atoms with Gasteiger partial charge in [-0.25, -0.2) is 0 Å². The summed E-state index contributed by atoms with van der Waals surface area (Å²) in [4.78, 5) is 11.8. The predicted molar refractivity (Wildman–Crippen MR) is 74.7 cm³/mol. The molecule has 1 N–H and O–H groups in total. The van der Waals surface area contributed by atoms with Crippen molar-refractivity contribution in [2.45, 2.75) is 52.7 Å². The van der Waals surface area contributed by atoms with Crippen LogP contribution in [0.3, 0.4) is 0 Å². The van der Waals surface area contributed by atoms with Crippen LogP contribution in [0.1, 0.15) is 45.7 Å². The van der Waals surface area contributed by atoms with Crippen molar-refractivity contribution in [3.05, 3.63) is 18.0 Å². The van der Waals surface area contributed by atoms with E-state index in [9.17, 15) is 4.79 Å². The number of esters is 1. The number of hydrogen-bond acceptors (Lipinski definition) is 4. The van der Waals surface area contributed by atoms with Crippen LogP contribution in [0.4, 0.5) is 0 Å². The van der Waals surface area contributed by atoms with E-state index in [0.29, 0.717) is 0 Å². The van der Waals surface area contributed by atoms with Crippen LogP contribution >= 0.6 is 0 Å². The summed E-state index contributed by atoms with van der Waals surface area (Å²) in [6.45, 7) is 9.05. The Morgan fingerprint density at radius 1 is 1.47 bits per heavy atom. The summed E-state index contributed by atoms with van der Waals surface area (Å²) in [5.41, 5.74) is 1.08. The molecular formula is C14H25N3O2. The standard InChI is InChI=1S/C14H25N3O2/c1-6-10(3)13(14(18)19-5)16-11(4)12-8-15-17(7-2)9-12/h8-11,13,16H,6-7H2,1-5H3. The third-order valence-electron chi connectivity index (χ3n) is 3.57. The number of nitrogens with one attached hydrogen (secondary N) is 1. The second-order valence-corrected chi connectivity index (χ2v) is 4.90. The van der Waals surface area contributed by atoms with Gasteiger partial charge in [-0.05, 0) is 19.8 Å². The maximum atomic E-state index is 11.8. The van der Waals surface area contributed by atoms with Gasteiger partial charge in [0.1, 0.15) is 6.04 Å². The monoisotopic (exact) mass is 267 g/mol. The molecule has 0 aromatic carbocycles. The Kier molecular flexibility index (Phi) is 6.02. The van der Waals surface area contributed by atoms with Gasteiger partial charge in [-0.2, -0.15) is 5.10 Å². The SMILES string of the molecule is CCC(C)C(NC(C)c1cnn(CC)c1)C(=O)OC. The van der Waals surface area contributed by atoms with Crippen molar-refractivity contribution in [3.63, 3.8) is 0 Å². The largest absolute Gasteiger partial charge is 0.468 e. The zero-order valence-corrected chi connectivity index (χ0v) is 12.5. The number of hydrogen-bond donors (Lipinski definition) is 1. The number of nitrogens with zero attached hydrogens (tertiary/aromatic N) is 2. The smallest absolute Gasteiger partial charge is 0.323 e. The van der Waals surface area contributed by atoms with E-state index in [1.807, 2.05) is 30.9 Å². The highest BCUT2D eigenvalue weighted by atomic mass is 16.5. The lowest BCUT2D eigenvalue weighted by molar-refractivity contribution is -0.144. The fourth-order valence-electron chi connectivity index (χ4n) is 1.97. The molecule has 19 heavy (non-hydrogen) atoms. The highest BCUT2D eigenvalue weighted by molar-refractivity contribution is 5.76. The summed E-state index contributed by atoms with van der Waals surface area (Å²) in [6, 6.07) is -0.214. The topological polar surface area (TPSA) is 56.2 Å². The van der Waals surface area contributed by atoms with Crippen LogP contribution in [0, 0.1) is 5.92 Å². The van der Waals surface area contributed by atoms with Gasteiger partial charge in [0.15, 0.2) is 0 Å². The van der Waals surface area contributed by atoms with Gasteiger partial charge in [-0.15, -0.1) is 0 Å². The van der Waals surface area contributed by atoms with Gasteiger partial charge in [0.2, 0.25) is 0 Å². The number of carbonyl (C=O) groups excluding carboxylic acids is 1. The fourth-order valence-corrected chi connectivity index (χ4v) is 1.97. The van der Waals surface area contributed by atoms with E-state index < -0.39 is 0 Å². The van der Waals surface area contributed by atoms with E-state index in [0.717, 1.165) is 18.5 Å². The van der Waals surface area contributed by atoms with Gasteiger partial charge >= 0.3 is 5.97 Å². The first-order chi connectivity index (χ1) is 9.03. The highest BCUT2D eigenvalue weighted by Crippen LogP contribution is 2.17. The lowest BCUT2D eigenvalue weighted by atomic mass is 9.98. The Labute approximate surface area is 115 Å². The van der Waals surface area contributed by atoms with Crippen molar-refractivity contribution in [1.82, 2.24) is 15.1 Å². The van der Waals surface area contributed by atoms with E-state index in [-0.39, 0.29) is 24.0 Å². The maximum absolute atomic E-state index is 11.8. The van der Waals surface area contributed by atoms with Crippen molar-refractivity contribution in [2.75, 3.05) is 7.11 Å². The molecule has 0 saturated heterocycles. The molecule has 1 rings (SSSR count). The minimum Gasteiger partial charge on any atom is -0.468 e. The molecule has 3 unspecified atom stereocenters. The molecule has 0 aliphatic rings. The zero-order valence-electron chi connectivity index (χ0n) is 12.5. The van der Waals surface area contributed by atoms with Crippen LogP contribution in [-0.2, 0) is 16.1 Å². The van der Waals surface area contributed by atoms with Gasteiger partial charge in [-0.1, -0.05) is 20.3 Å². The maximum Gasteiger partial charge on any atom is 0.323 e. The van der Waals surface area contributed by atoms with Crippen LogP contribution in [0.25, 0.3) is 0 Å². The third-order valence-corrected chi connectivity index (χ3v) is 3.57. The first kappa shape index (κ1) is 15.7. The van der Waals surface area contributed by atoms with Gasteiger partial charge < -0.3 is 4.74 Å². The molecule has 0 aliphatic heterocycles. The summed E-state index contributed by atoms with van der Waals surface area (Å²) in [6.07, 6.45) is 4.77. The van der Waals surface area contributed by atoms with Gasteiger partial charge in [0.25, 0.3) is 0 Å². The second-order valence-electron chi connectivity index (χ2n) is 4.90. The van der Waals surface area contributed by atoms with E-state index >= 15 is 0 Å². The number of methoxy groups -OCH3 is 1. The van der Waals surface area contributed by atoms with Crippen molar-refractivity contribution >= 4 is 5.97 Å². The average molecular weight is 267 g/mol. The summed E-state index contributed by atoms with van der Waals surface area (Å²) in [7, 11) is 1.43. The summed E-state index contributed by atoms with van der Waals surface area (Å²) < 4.78 is 6.76. The van der Waals surface area contributed by atoms with Gasteiger partial charge in [-0.3, -0.25) is 14.8 Å². The summed E-state index contributed by atoms with van der Waals surface area (Å²) in [5.74, 6) is 0.0280. The van der Waals surface area contributed by atoms with E-state index in [1.54, 1.807) is 0 Å². The van der Waals surface area contributed by atoms with Crippen LogP contribution in [-0.4, -0.2) is 28.9 Å². The Morgan fingerprint density at radius 2 is 2.16 bits per heavy atom. The zero-order chi connectivity index (χ0) is 14.4. The molecule has 0 fully saturated rings. The first-order valence-electron chi connectivity index (χ1n) is 6.89.